The number of hydrogen-bond donors (Lipinski definition) is 0. The van der Waals surface area contributed by atoms with Gasteiger partial charge < -0.3 is 0 Å². The van der Waals surface area contributed by atoms with E-state index in [4.69, 9.17) is 0 Å². The van der Waals surface area contributed by atoms with Crippen molar-refractivity contribution in [1.29, 1.82) is 0 Å². The van der Waals surface area contributed by atoms with Gasteiger partial charge >= 0.3 is 0 Å². The van der Waals surface area contributed by atoms with E-state index >= 15 is 0 Å². The molecule has 0 amide bonds. The molecule has 1 nitrogen and oxygen atoms in total. The minimum absolute atomic E-state index is 0.287. The molecule has 17 heavy (non-hydrogen) atoms. The van der Waals surface area contributed by atoms with Crippen LogP contribution in [0.1, 0.15) is 47.9 Å². The van der Waals surface area contributed by atoms with Crippen LogP contribution in [0.25, 0.3) is 5.57 Å². The van der Waals surface area contributed by atoms with Crippen LogP contribution in [-0.2, 0) is 4.79 Å². The lowest BCUT2D eigenvalue weighted by molar-refractivity contribution is -0.114. The smallest absolute Gasteiger partial charge is 0.155 e. The fourth-order valence-corrected chi connectivity index (χ4v) is 2.47. The predicted octanol–water partition coefficient (Wildman–Crippen LogP) is 4.14. The Bertz CT molecular complexity index is 481. The van der Waals surface area contributed by atoms with Gasteiger partial charge in [0.15, 0.2) is 5.78 Å². The third kappa shape index (κ3) is 2.66. The van der Waals surface area contributed by atoms with Crippen LogP contribution in [0.3, 0.4) is 0 Å². The molecule has 1 aliphatic rings. The maximum Gasteiger partial charge on any atom is 0.155 e. The topological polar surface area (TPSA) is 17.1 Å². The highest BCUT2D eigenvalue weighted by molar-refractivity contribution is 5.97. The Morgan fingerprint density at radius 3 is 2.29 bits per heavy atom. The molecule has 0 radical (unpaired) electrons. The van der Waals surface area contributed by atoms with Crippen molar-refractivity contribution in [2.75, 3.05) is 0 Å². The molecule has 1 heteroatoms. The number of carbonyl (C=O) groups is 1. The number of rotatable bonds is 1. The first-order valence-electron chi connectivity index (χ1n) is 6.39. The second-order valence-corrected chi connectivity index (χ2v) is 5.09. The minimum atomic E-state index is 0.287. The van der Waals surface area contributed by atoms with Crippen molar-refractivity contribution in [3.63, 3.8) is 0 Å². The molecule has 1 aliphatic carbocycles. The van der Waals surface area contributed by atoms with Crippen molar-refractivity contribution in [2.45, 2.75) is 46.5 Å². The van der Waals surface area contributed by atoms with Gasteiger partial charge in [-0.25, -0.2) is 0 Å². The highest BCUT2D eigenvalue weighted by Gasteiger charge is 2.12. The van der Waals surface area contributed by atoms with Gasteiger partial charge in [0.05, 0.1) is 0 Å². The van der Waals surface area contributed by atoms with Crippen LogP contribution in [0.4, 0.5) is 0 Å². The molecule has 0 atom stereocenters. The zero-order valence-corrected chi connectivity index (χ0v) is 11.0. The summed E-state index contributed by atoms with van der Waals surface area (Å²) in [6, 6.07) is 4.45. The number of allylic oxidation sites excluding steroid dienone is 2. The van der Waals surface area contributed by atoms with Gasteiger partial charge in [-0.05, 0) is 73.9 Å². The van der Waals surface area contributed by atoms with E-state index in [1.807, 2.05) is 6.08 Å². The van der Waals surface area contributed by atoms with E-state index in [2.05, 4.69) is 32.9 Å². The highest BCUT2D eigenvalue weighted by atomic mass is 16.1. The minimum Gasteiger partial charge on any atom is -0.295 e. The Hall–Kier alpha value is -1.37. The van der Waals surface area contributed by atoms with Crippen LogP contribution in [0.5, 0.6) is 0 Å². The molecule has 0 unspecified atom stereocenters. The second-order valence-electron chi connectivity index (χ2n) is 5.09. The molecular formula is C16H20O. The molecular weight excluding hydrogens is 208 g/mol. The highest BCUT2D eigenvalue weighted by Crippen LogP contribution is 2.28. The largest absolute Gasteiger partial charge is 0.295 e. The summed E-state index contributed by atoms with van der Waals surface area (Å²) in [6.45, 7) is 6.41. The summed E-state index contributed by atoms with van der Waals surface area (Å²) >= 11 is 0. The van der Waals surface area contributed by atoms with E-state index < -0.39 is 0 Å². The van der Waals surface area contributed by atoms with Crippen molar-refractivity contribution in [1.82, 2.24) is 0 Å². The van der Waals surface area contributed by atoms with Crippen molar-refractivity contribution in [3.05, 3.63) is 40.5 Å². The molecule has 0 bridgehead atoms. The number of ketones is 1. The molecule has 90 valence electrons. The van der Waals surface area contributed by atoms with Crippen LogP contribution in [0, 0.1) is 20.8 Å². The number of aryl methyl sites for hydroxylation is 3. The Labute approximate surface area is 104 Å². The summed E-state index contributed by atoms with van der Waals surface area (Å²) in [5.74, 6) is 0.287. The lowest BCUT2D eigenvalue weighted by Gasteiger charge is -2.12. The van der Waals surface area contributed by atoms with Crippen molar-refractivity contribution in [2.24, 2.45) is 0 Å². The Balaban J connectivity index is 2.45. The van der Waals surface area contributed by atoms with E-state index in [-0.39, 0.29) is 5.78 Å². The summed E-state index contributed by atoms with van der Waals surface area (Å²) in [5.41, 5.74) is 6.42. The van der Waals surface area contributed by atoms with E-state index in [9.17, 15) is 4.79 Å². The van der Waals surface area contributed by atoms with Gasteiger partial charge in [-0.3, -0.25) is 4.79 Å². The SMILES string of the molecule is Cc1cc(C)c(C2=CC(=O)CCCC2)cc1C. The van der Waals surface area contributed by atoms with Crippen LogP contribution < -0.4 is 0 Å². The van der Waals surface area contributed by atoms with E-state index in [0.717, 1.165) is 19.3 Å². The summed E-state index contributed by atoms with van der Waals surface area (Å²) < 4.78 is 0. The van der Waals surface area contributed by atoms with Gasteiger partial charge in [0.1, 0.15) is 0 Å². The van der Waals surface area contributed by atoms with E-state index in [1.54, 1.807) is 0 Å². The molecule has 0 saturated carbocycles. The normalized spacial score (nSPS) is 16.6. The van der Waals surface area contributed by atoms with E-state index in [0.29, 0.717) is 6.42 Å². The van der Waals surface area contributed by atoms with Crippen LogP contribution in [0.15, 0.2) is 18.2 Å². The quantitative estimate of drug-likeness (QED) is 0.706. The molecule has 0 aromatic heterocycles. The molecule has 0 fully saturated rings. The lowest BCUT2D eigenvalue weighted by atomic mass is 9.93. The van der Waals surface area contributed by atoms with Gasteiger partial charge in [-0.15, -0.1) is 0 Å². The summed E-state index contributed by atoms with van der Waals surface area (Å²) in [5, 5.41) is 0. The molecule has 0 heterocycles. The lowest BCUT2D eigenvalue weighted by Crippen LogP contribution is -1.95. The van der Waals surface area contributed by atoms with Gasteiger partial charge in [0.25, 0.3) is 0 Å². The Morgan fingerprint density at radius 1 is 0.882 bits per heavy atom. The van der Waals surface area contributed by atoms with Gasteiger partial charge in [0.2, 0.25) is 0 Å². The second kappa shape index (κ2) is 4.87. The molecule has 0 aliphatic heterocycles. The summed E-state index contributed by atoms with van der Waals surface area (Å²) in [7, 11) is 0. The van der Waals surface area contributed by atoms with Crippen LogP contribution in [0.2, 0.25) is 0 Å². The molecule has 1 aromatic rings. The van der Waals surface area contributed by atoms with Gasteiger partial charge in [-0.2, -0.15) is 0 Å². The fourth-order valence-electron chi connectivity index (χ4n) is 2.47. The van der Waals surface area contributed by atoms with Crippen molar-refractivity contribution < 1.29 is 4.79 Å². The molecule has 0 N–H and O–H groups in total. The van der Waals surface area contributed by atoms with Gasteiger partial charge in [0, 0.05) is 6.42 Å². The van der Waals surface area contributed by atoms with Crippen molar-refractivity contribution >= 4 is 11.4 Å². The third-order valence-corrected chi connectivity index (χ3v) is 3.64. The summed E-state index contributed by atoms with van der Waals surface area (Å²) in [6.07, 6.45) is 5.78. The molecule has 1 aromatic carbocycles. The first-order valence-corrected chi connectivity index (χ1v) is 6.39. The van der Waals surface area contributed by atoms with E-state index in [1.165, 1.54) is 27.8 Å². The molecule has 2 rings (SSSR count). The van der Waals surface area contributed by atoms with Crippen LogP contribution in [-0.4, -0.2) is 5.78 Å². The fraction of sp³-hybridized carbons (Fsp3) is 0.438. The first kappa shape index (κ1) is 12.1. The molecule has 0 spiro atoms. The maximum absolute atomic E-state index is 11.7. The van der Waals surface area contributed by atoms with Crippen molar-refractivity contribution in [3.8, 4) is 0 Å². The third-order valence-electron chi connectivity index (χ3n) is 3.64. The average Bonchev–Trinajstić information content (AvgIpc) is 2.48. The van der Waals surface area contributed by atoms with Crippen LogP contribution >= 0.6 is 0 Å². The monoisotopic (exact) mass is 228 g/mol. The molecule has 0 saturated heterocycles. The van der Waals surface area contributed by atoms with Gasteiger partial charge in [-0.1, -0.05) is 12.1 Å². The number of hydrogen-bond acceptors (Lipinski definition) is 1. The Kier molecular flexibility index (Phi) is 3.46. The first-order chi connectivity index (χ1) is 8.08. The zero-order valence-electron chi connectivity index (χ0n) is 11.0. The predicted molar refractivity (Wildman–Crippen MR) is 72.1 cm³/mol. The number of benzene rings is 1. The number of carbonyl (C=O) groups excluding carboxylic acids is 1. The maximum atomic E-state index is 11.7. The average molecular weight is 228 g/mol. The standard InChI is InChI=1S/C16H20O/c1-11-8-13(3)16(9-12(11)2)14-6-4-5-7-15(17)10-14/h8-10H,4-7H2,1-3H3. The zero-order chi connectivity index (χ0) is 12.4. The Morgan fingerprint density at radius 2 is 1.53 bits per heavy atom. The summed E-state index contributed by atoms with van der Waals surface area (Å²) in [4.78, 5) is 11.7.